The first kappa shape index (κ1) is 17.7. The third kappa shape index (κ3) is 4.96. The van der Waals surface area contributed by atoms with E-state index in [1.54, 1.807) is 32.5 Å². The summed E-state index contributed by atoms with van der Waals surface area (Å²) in [4.78, 5) is 16.3. The van der Waals surface area contributed by atoms with Gasteiger partial charge in [0.15, 0.2) is 0 Å². The number of methoxy groups -OCH3 is 2. The van der Waals surface area contributed by atoms with Crippen LogP contribution in [0.15, 0.2) is 36.5 Å². The van der Waals surface area contributed by atoms with Gasteiger partial charge in [0.25, 0.3) is 5.91 Å². The van der Waals surface area contributed by atoms with Crippen LogP contribution in [-0.2, 0) is 4.74 Å². The van der Waals surface area contributed by atoms with Crippen molar-refractivity contribution in [3.8, 4) is 5.75 Å². The summed E-state index contributed by atoms with van der Waals surface area (Å²) in [7, 11) is 3.26. The standard InChI is InChI=1S/C18H23N3O3/c1-13-5-7-16(24-3)15(11-13)21-17-8-6-14(12-20-17)18(22)19-9-4-10-23-2/h5-8,11-12H,4,9-10H2,1-3H3,(H,19,22)(H,20,21). The smallest absolute Gasteiger partial charge is 0.252 e. The molecule has 0 aliphatic heterocycles. The summed E-state index contributed by atoms with van der Waals surface area (Å²) in [6.45, 7) is 3.21. The minimum absolute atomic E-state index is 0.140. The van der Waals surface area contributed by atoms with Crippen molar-refractivity contribution >= 4 is 17.4 Å². The van der Waals surface area contributed by atoms with E-state index in [4.69, 9.17) is 9.47 Å². The van der Waals surface area contributed by atoms with Gasteiger partial charge in [-0.2, -0.15) is 0 Å². The summed E-state index contributed by atoms with van der Waals surface area (Å²) in [6.07, 6.45) is 2.33. The number of carbonyl (C=O) groups excluding carboxylic acids is 1. The molecule has 2 aromatic rings. The van der Waals surface area contributed by atoms with Gasteiger partial charge in [-0.25, -0.2) is 4.98 Å². The fourth-order valence-corrected chi connectivity index (χ4v) is 2.18. The number of hydrogen-bond donors (Lipinski definition) is 2. The lowest BCUT2D eigenvalue weighted by Gasteiger charge is -2.11. The molecule has 1 heterocycles. The molecule has 0 radical (unpaired) electrons. The lowest BCUT2D eigenvalue weighted by Crippen LogP contribution is -2.25. The number of rotatable bonds is 8. The molecule has 1 aromatic heterocycles. The number of pyridine rings is 1. The van der Waals surface area contributed by atoms with Crippen molar-refractivity contribution in [2.45, 2.75) is 13.3 Å². The summed E-state index contributed by atoms with van der Waals surface area (Å²) in [5.74, 6) is 1.25. The number of nitrogens with one attached hydrogen (secondary N) is 2. The van der Waals surface area contributed by atoms with Crippen molar-refractivity contribution in [1.29, 1.82) is 0 Å². The number of benzene rings is 1. The Balaban J connectivity index is 1.99. The lowest BCUT2D eigenvalue weighted by atomic mass is 10.2. The zero-order chi connectivity index (χ0) is 17.4. The highest BCUT2D eigenvalue weighted by Crippen LogP contribution is 2.27. The van der Waals surface area contributed by atoms with Crippen LogP contribution in [0.25, 0.3) is 0 Å². The van der Waals surface area contributed by atoms with Crippen LogP contribution in [0.2, 0.25) is 0 Å². The summed E-state index contributed by atoms with van der Waals surface area (Å²) in [5.41, 5.74) is 2.47. The molecular formula is C18H23N3O3. The van der Waals surface area contributed by atoms with E-state index in [0.717, 1.165) is 23.4 Å². The van der Waals surface area contributed by atoms with E-state index in [1.165, 1.54) is 0 Å². The Morgan fingerprint density at radius 3 is 2.71 bits per heavy atom. The largest absolute Gasteiger partial charge is 0.495 e. The molecule has 0 bridgehead atoms. The van der Waals surface area contributed by atoms with Gasteiger partial charge in [0.1, 0.15) is 11.6 Å². The maximum Gasteiger partial charge on any atom is 0.252 e. The van der Waals surface area contributed by atoms with Gasteiger partial charge in [0, 0.05) is 26.5 Å². The van der Waals surface area contributed by atoms with E-state index in [1.807, 2.05) is 25.1 Å². The molecule has 0 saturated heterocycles. The van der Waals surface area contributed by atoms with E-state index < -0.39 is 0 Å². The normalized spacial score (nSPS) is 10.3. The molecule has 0 aliphatic carbocycles. The van der Waals surface area contributed by atoms with Crippen molar-refractivity contribution in [2.75, 3.05) is 32.7 Å². The summed E-state index contributed by atoms with van der Waals surface area (Å²) in [6, 6.07) is 9.37. The Hall–Kier alpha value is -2.60. The molecule has 0 aliphatic rings. The lowest BCUT2D eigenvalue weighted by molar-refractivity contribution is 0.0948. The summed E-state index contributed by atoms with van der Waals surface area (Å²) < 4.78 is 10.3. The van der Waals surface area contributed by atoms with Crippen molar-refractivity contribution in [1.82, 2.24) is 10.3 Å². The fraction of sp³-hybridized carbons (Fsp3) is 0.333. The van der Waals surface area contributed by atoms with E-state index in [2.05, 4.69) is 15.6 Å². The number of carbonyl (C=O) groups is 1. The molecule has 128 valence electrons. The van der Waals surface area contributed by atoms with Gasteiger partial charge in [-0.3, -0.25) is 4.79 Å². The van der Waals surface area contributed by atoms with E-state index >= 15 is 0 Å². The van der Waals surface area contributed by atoms with Crippen molar-refractivity contribution in [3.05, 3.63) is 47.7 Å². The Morgan fingerprint density at radius 1 is 1.21 bits per heavy atom. The molecule has 6 heteroatoms. The van der Waals surface area contributed by atoms with Gasteiger partial charge < -0.3 is 20.1 Å². The molecule has 0 saturated carbocycles. The second-order valence-electron chi connectivity index (χ2n) is 5.36. The number of aromatic nitrogens is 1. The van der Waals surface area contributed by atoms with Crippen LogP contribution >= 0.6 is 0 Å². The Bertz CT molecular complexity index is 672. The van der Waals surface area contributed by atoms with Crippen LogP contribution in [0.4, 0.5) is 11.5 Å². The van der Waals surface area contributed by atoms with Crippen molar-refractivity contribution in [2.24, 2.45) is 0 Å². The molecule has 0 unspecified atom stereocenters. The second kappa shape index (κ2) is 8.88. The fourth-order valence-electron chi connectivity index (χ4n) is 2.18. The molecule has 0 atom stereocenters. The van der Waals surface area contributed by atoms with Crippen LogP contribution in [0.1, 0.15) is 22.3 Å². The second-order valence-corrected chi connectivity index (χ2v) is 5.36. The van der Waals surface area contributed by atoms with Gasteiger partial charge in [-0.1, -0.05) is 6.07 Å². The number of ether oxygens (including phenoxy) is 2. The molecule has 2 rings (SSSR count). The van der Waals surface area contributed by atoms with E-state index in [0.29, 0.717) is 24.5 Å². The molecule has 6 nitrogen and oxygen atoms in total. The van der Waals surface area contributed by atoms with Crippen molar-refractivity contribution < 1.29 is 14.3 Å². The van der Waals surface area contributed by atoms with Gasteiger partial charge in [-0.05, 0) is 43.2 Å². The predicted octanol–water partition coefficient (Wildman–Crippen LogP) is 2.91. The van der Waals surface area contributed by atoms with Gasteiger partial charge in [-0.15, -0.1) is 0 Å². The van der Waals surface area contributed by atoms with Gasteiger partial charge in [0.2, 0.25) is 0 Å². The quantitative estimate of drug-likeness (QED) is 0.729. The molecule has 2 N–H and O–H groups in total. The molecule has 1 aromatic carbocycles. The van der Waals surface area contributed by atoms with E-state index in [-0.39, 0.29) is 5.91 Å². The predicted molar refractivity (Wildman–Crippen MR) is 94.1 cm³/mol. The molecule has 0 fully saturated rings. The first-order valence-electron chi connectivity index (χ1n) is 7.79. The summed E-state index contributed by atoms with van der Waals surface area (Å²) >= 11 is 0. The highest BCUT2D eigenvalue weighted by molar-refractivity contribution is 5.94. The zero-order valence-corrected chi connectivity index (χ0v) is 14.3. The SMILES string of the molecule is COCCCNC(=O)c1ccc(Nc2cc(C)ccc2OC)nc1. The van der Waals surface area contributed by atoms with Crippen LogP contribution in [0, 0.1) is 6.92 Å². The first-order chi connectivity index (χ1) is 11.6. The van der Waals surface area contributed by atoms with E-state index in [9.17, 15) is 4.79 Å². The van der Waals surface area contributed by atoms with Crippen LogP contribution < -0.4 is 15.4 Å². The minimum Gasteiger partial charge on any atom is -0.495 e. The number of nitrogens with zero attached hydrogens (tertiary/aromatic N) is 1. The Kier molecular flexibility index (Phi) is 6.57. The average molecular weight is 329 g/mol. The molecule has 1 amide bonds. The zero-order valence-electron chi connectivity index (χ0n) is 14.3. The maximum atomic E-state index is 12.0. The molecule has 24 heavy (non-hydrogen) atoms. The Labute approximate surface area is 142 Å². The monoisotopic (exact) mass is 329 g/mol. The van der Waals surface area contributed by atoms with Crippen LogP contribution in [0.5, 0.6) is 5.75 Å². The molecular weight excluding hydrogens is 306 g/mol. The average Bonchev–Trinajstić information content (AvgIpc) is 2.59. The highest BCUT2D eigenvalue weighted by Gasteiger charge is 2.07. The summed E-state index contributed by atoms with van der Waals surface area (Å²) in [5, 5.41) is 6.04. The van der Waals surface area contributed by atoms with Gasteiger partial charge in [0.05, 0.1) is 18.4 Å². The Morgan fingerprint density at radius 2 is 2.04 bits per heavy atom. The highest BCUT2D eigenvalue weighted by atomic mass is 16.5. The first-order valence-corrected chi connectivity index (χ1v) is 7.79. The third-order valence-electron chi connectivity index (χ3n) is 3.45. The number of aryl methyl sites for hydroxylation is 1. The number of amides is 1. The number of anilines is 2. The van der Waals surface area contributed by atoms with Gasteiger partial charge >= 0.3 is 0 Å². The number of hydrogen-bond acceptors (Lipinski definition) is 5. The van der Waals surface area contributed by atoms with Crippen molar-refractivity contribution in [3.63, 3.8) is 0 Å². The third-order valence-corrected chi connectivity index (χ3v) is 3.45. The maximum absolute atomic E-state index is 12.0. The molecule has 0 spiro atoms. The minimum atomic E-state index is -0.140. The van der Waals surface area contributed by atoms with Crippen LogP contribution in [0.3, 0.4) is 0 Å². The van der Waals surface area contributed by atoms with Crippen LogP contribution in [-0.4, -0.2) is 38.3 Å². The topological polar surface area (TPSA) is 72.5 Å².